The number of benzene rings is 1. The first-order valence-electron chi connectivity index (χ1n) is 9.65. The van der Waals surface area contributed by atoms with E-state index in [-0.39, 0.29) is 22.1 Å². The van der Waals surface area contributed by atoms with Crippen LogP contribution < -0.4 is 5.56 Å². The Balaban J connectivity index is 1.63. The van der Waals surface area contributed by atoms with Gasteiger partial charge in [0.25, 0.3) is 5.56 Å². The highest BCUT2D eigenvalue weighted by Gasteiger charge is 2.29. The third-order valence-electron chi connectivity index (χ3n) is 5.04. The molecule has 4 rings (SSSR count). The minimum Gasteiger partial charge on any atom is -0.313 e. The molecular weight excluding hydrogens is 410 g/mol. The molecule has 152 valence electrons. The summed E-state index contributed by atoms with van der Waals surface area (Å²) in [6.45, 7) is 2.66. The molecule has 29 heavy (non-hydrogen) atoms. The molecule has 0 unspecified atom stereocenters. The summed E-state index contributed by atoms with van der Waals surface area (Å²) in [4.78, 5) is 12.2. The fourth-order valence-electron chi connectivity index (χ4n) is 3.29. The van der Waals surface area contributed by atoms with E-state index in [4.69, 9.17) is 11.6 Å². The van der Waals surface area contributed by atoms with E-state index >= 15 is 0 Å². The summed E-state index contributed by atoms with van der Waals surface area (Å²) in [5.74, 6) is 0.473. The lowest BCUT2D eigenvalue weighted by Crippen LogP contribution is -2.19. The van der Waals surface area contributed by atoms with Gasteiger partial charge in [-0.1, -0.05) is 24.6 Å². The van der Waals surface area contributed by atoms with Gasteiger partial charge in [-0.25, -0.2) is 13.1 Å². The van der Waals surface area contributed by atoms with Gasteiger partial charge in [-0.2, -0.15) is 5.10 Å². The number of pyridine rings is 1. The van der Waals surface area contributed by atoms with Gasteiger partial charge in [-0.15, -0.1) is 0 Å². The molecule has 3 aromatic rings. The minimum atomic E-state index is -3.31. The van der Waals surface area contributed by atoms with Crippen LogP contribution in [0.4, 0.5) is 0 Å². The predicted molar refractivity (Wildman–Crippen MR) is 113 cm³/mol. The number of hydrogen-bond acceptors (Lipinski definition) is 4. The zero-order valence-electron chi connectivity index (χ0n) is 16.1. The highest BCUT2D eigenvalue weighted by atomic mass is 35.5. The van der Waals surface area contributed by atoms with Crippen LogP contribution in [0.15, 0.2) is 58.6 Å². The van der Waals surface area contributed by atoms with E-state index in [1.807, 2.05) is 13.1 Å². The molecule has 1 aliphatic carbocycles. The monoisotopic (exact) mass is 431 g/mol. The maximum atomic E-state index is 12.5. The molecule has 6 nitrogen and oxygen atoms in total. The molecule has 2 heterocycles. The summed E-state index contributed by atoms with van der Waals surface area (Å²) in [5, 5.41) is 4.75. The standard InChI is InChI=1S/C21H22ClN3O3S/c1-2-9-24-13-17(5-8-21(24)26)25-12-16(11-23-25)19-7-6-18(10-20(19)22)29(27,28)14-15-3-4-15/h5-8,10-13,15H,2-4,9,14H2,1H3. The van der Waals surface area contributed by atoms with E-state index in [9.17, 15) is 13.2 Å². The molecule has 0 bridgehead atoms. The minimum absolute atomic E-state index is 0.0472. The van der Waals surface area contributed by atoms with E-state index in [1.165, 1.54) is 12.1 Å². The largest absolute Gasteiger partial charge is 0.313 e. The first-order valence-corrected chi connectivity index (χ1v) is 11.7. The van der Waals surface area contributed by atoms with Crippen molar-refractivity contribution in [2.45, 2.75) is 37.6 Å². The van der Waals surface area contributed by atoms with Crippen molar-refractivity contribution >= 4 is 21.4 Å². The number of rotatable bonds is 7. The Morgan fingerprint density at radius 2 is 1.97 bits per heavy atom. The Hall–Kier alpha value is -2.38. The number of hydrogen-bond donors (Lipinski definition) is 0. The summed E-state index contributed by atoms with van der Waals surface area (Å²) in [6, 6.07) is 8.10. The fraction of sp³-hybridized carbons (Fsp3) is 0.333. The third-order valence-corrected chi connectivity index (χ3v) is 7.24. The number of aryl methyl sites for hydroxylation is 1. The molecule has 0 spiro atoms. The number of nitrogens with zero attached hydrogens (tertiary/aromatic N) is 3. The molecule has 1 fully saturated rings. The molecule has 0 saturated heterocycles. The Morgan fingerprint density at radius 1 is 1.17 bits per heavy atom. The molecule has 0 radical (unpaired) electrons. The SMILES string of the molecule is CCCn1cc(-n2cc(-c3ccc(S(=O)(=O)CC4CC4)cc3Cl)cn2)ccc1=O. The van der Waals surface area contributed by atoms with Crippen molar-refractivity contribution in [1.82, 2.24) is 14.3 Å². The molecule has 8 heteroatoms. The van der Waals surface area contributed by atoms with E-state index in [0.29, 0.717) is 17.1 Å². The summed E-state index contributed by atoms with van der Waals surface area (Å²) < 4.78 is 28.3. The van der Waals surface area contributed by atoms with Crippen molar-refractivity contribution < 1.29 is 8.42 Å². The summed E-state index contributed by atoms with van der Waals surface area (Å²) >= 11 is 6.42. The maximum Gasteiger partial charge on any atom is 0.250 e. The Labute approximate surface area is 174 Å². The van der Waals surface area contributed by atoms with E-state index < -0.39 is 9.84 Å². The average Bonchev–Trinajstić information content (AvgIpc) is 3.35. The van der Waals surface area contributed by atoms with Crippen LogP contribution in [0, 0.1) is 5.92 Å². The van der Waals surface area contributed by atoms with Gasteiger partial charge in [-0.3, -0.25) is 4.79 Å². The Bertz CT molecular complexity index is 1210. The van der Waals surface area contributed by atoms with Crippen molar-refractivity contribution in [2.24, 2.45) is 5.92 Å². The van der Waals surface area contributed by atoms with Gasteiger partial charge in [0, 0.05) is 41.2 Å². The second kappa shape index (κ2) is 7.80. The third kappa shape index (κ3) is 4.31. The molecule has 1 aliphatic rings. The van der Waals surface area contributed by atoms with Crippen LogP contribution in [-0.2, 0) is 16.4 Å². The normalized spacial score (nSPS) is 14.3. The molecule has 1 saturated carbocycles. The van der Waals surface area contributed by atoms with Crippen LogP contribution in [0.3, 0.4) is 0 Å². The number of sulfone groups is 1. The van der Waals surface area contributed by atoms with Gasteiger partial charge in [0.15, 0.2) is 9.84 Å². The zero-order valence-corrected chi connectivity index (χ0v) is 17.7. The Kier molecular flexibility index (Phi) is 5.36. The first kappa shape index (κ1) is 19.9. The summed E-state index contributed by atoms with van der Waals surface area (Å²) in [6.07, 6.45) is 8.09. The van der Waals surface area contributed by atoms with Gasteiger partial charge in [0.2, 0.25) is 0 Å². The molecular formula is C21H22ClN3O3S. The predicted octanol–water partition coefficient (Wildman–Crippen LogP) is 3.95. The highest BCUT2D eigenvalue weighted by Crippen LogP contribution is 2.34. The molecule has 0 atom stereocenters. The topological polar surface area (TPSA) is 74.0 Å². The van der Waals surface area contributed by atoms with Gasteiger partial charge in [-0.05, 0) is 43.4 Å². The van der Waals surface area contributed by atoms with E-state index in [0.717, 1.165) is 30.5 Å². The van der Waals surface area contributed by atoms with Crippen LogP contribution in [0.1, 0.15) is 26.2 Å². The highest BCUT2D eigenvalue weighted by molar-refractivity contribution is 7.91. The van der Waals surface area contributed by atoms with Crippen molar-refractivity contribution in [3.8, 4) is 16.8 Å². The van der Waals surface area contributed by atoms with Crippen LogP contribution in [0.5, 0.6) is 0 Å². The maximum absolute atomic E-state index is 12.5. The molecule has 0 N–H and O–H groups in total. The number of aromatic nitrogens is 3. The molecule has 0 aliphatic heterocycles. The lowest BCUT2D eigenvalue weighted by atomic mass is 10.1. The quantitative estimate of drug-likeness (QED) is 0.567. The molecule has 0 amide bonds. The van der Waals surface area contributed by atoms with Gasteiger partial charge in [0.1, 0.15) is 0 Å². The van der Waals surface area contributed by atoms with Crippen LogP contribution in [-0.4, -0.2) is 28.5 Å². The lowest BCUT2D eigenvalue weighted by Gasteiger charge is -2.08. The Morgan fingerprint density at radius 3 is 2.66 bits per heavy atom. The summed E-state index contributed by atoms with van der Waals surface area (Å²) in [5.41, 5.74) is 2.21. The second-order valence-electron chi connectivity index (χ2n) is 7.46. The lowest BCUT2D eigenvalue weighted by molar-refractivity contribution is 0.592. The van der Waals surface area contributed by atoms with Gasteiger partial charge in [0.05, 0.1) is 22.5 Å². The average molecular weight is 432 g/mol. The van der Waals surface area contributed by atoms with Crippen molar-refractivity contribution in [1.29, 1.82) is 0 Å². The van der Waals surface area contributed by atoms with Crippen LogP contribution in [0.25, 0.3) is 16.8 Å². The summed E-state index contributed by atoms with van der Waals surface area (Å²) in [7, 11) is -3.31. The zero-order chi connectivity index (χ0) is 20.6. The second-order valence-corrected chi connectivity index (χ2v) is 9.90. The van der Waals surface area contributed by atoms with E-state index in [2.05, 4.69) is 5.10 Å². The van der Waals surface area contributed by atoms with Crippen LogP contribution in [0.2, 0.25) is 5.02 Å². The fourth-order valence-corrected chi connectivity index (χ4v) is 5.36. The van der Waals surface area contributed by atoms with E-state index in [1.54, 1.807) is 39.8 Å². The van der Waals surface area contributed by atoms with Crippen LogP contribution >= 0.6 is 11.6 Å². The van der Waals surface area contributed by atoms with Gasteiger partial charge >= 0.3 is 0 Å². The van der Waals surface area contributed by atoms with Crippen molar-refractivity contribution in [2.75, 3.05) is 5.75 Å². The number of halogens is 1. The molecule has 2 aromatic heterocycles. The first-order chi connectivity index (χ1) is 13.9. The van der Waals surface area contributed by atoms with Gasteiger partial charge < -0.3 is 4.57 Å². The smallest absolute Gasteiger partial charge is 0.250 e. The molecule has 1 aromatic carbocycles. The van der Waals surface area contributed by atoms with Crippen molar-refractivity contribution in [3.63, 3.8) is 0 Å². The van der Waals surface area contributed by atoms with Crippen molar-refractivity contribution in [3.05, 3.63) is 64.3 Å².